The van der Waals surface area contributed by atoms with Gasteiger partial charge in [-0.15, -0.1) is 0 Å². The average Bonchev–Trinajstić information content (AvgIpc) is 2.66. The Morgan fingerprint density at radius 1 is 1.14 bits per heavy atom. The lowest BCUT2D eigenvalue weighted by atomic mass is 9.95. The molecule has 1 aliphatic rings. The van der Waals surface area contributed by atoms with Crippen LogP contribution in [0.15, 0.2) is 42.5 Å². The molecule has 3 rings (SSSR count). The van der Waals surface area contributed by atoms with Crippen LogP contribution in [0.2, 0.25) is 0 Å². The second-order valence-electron chi connectivity index (χ2n) is 5.48. The molecular weight excluding hydrogens is 278 g/mol. The summed E-state index contributed by atoms with van der Waals surface area (Å²) in [4.78, 5) is 12.3. The molecule has 4 nitrogen and oxygen atoms in total. The highest BCUT2D eigenvalue weighted by Gasteiger charge is 2.31. The quantitative estimate of drug-likeness (QED) is 0.891. The van der Waals surface area contributed by atoms with Crippen molar-refractivity contribution in [2.45, 2.75) is 32.5 Å². The lowest BCUT2D eigenvalue weighted by Crippen LogP contribution is -2.28. The third-order valence-electron chi connectivity index (χ3n) is 4.09. The number of hydrogen-bond donors (Lipinski definition) is 2. The highest BCUT2D eigenvalue weighted by molar-refractivity contribution is 5.95. The Bertz CT molecular complexity index is 711. The number of para-hydroxylation sites is 1. The van der Waals surface area contributed by atoms with Crippen molar-refractivity contribution in [3.63, 3.8) is 0 Å². The molecule has 0 spiro atoms. The molecule has 4 heteroatoms. The van der Waals surface area contributed by atoms with Gasteiger partial charge in [-0.1, -0.05) is 37.3 Å². The van der Waals surface area contributed by atoms with Crippen LogP contribution in [-0.4, -0.2) is 17.1 Å². The van der Waals surface area contributed by atoms with Crippen LogP contribution < -0.4 is 5.32 Å². The van der Waals surface area contributed by atoms with Crippen LogP contribution >= 0.6 is 0 Å². The number of rotatable bonds is 2. The summed E-state index contributed by atoms with van der Waals surface area (Å²) >= 11 is 0. The number of anilines is 1. The van der Waals surface area contributed by atoms with Gasteiger partial charge in [-0.25, -0.2) is 0 Å². The molecule has 114 valence electrons. The Balaban J connectivity index is 2.15. The van der Waals surface area contributed by atoms with E-state index in [1.165, 1.54) is 0 Å². The summed E-state index contributed by atoms with van der Waals surface area (Å²) in [6.07, 6.45) is -0.305. The number of carbonyl (C=O) groups excluding carboxylic acids is 1. The molecule has 0 aliphatic carbocycles. The zero-order valence-corrected chi connectivity index (χ0v) is 12.7. The summed E-state index contributed by atoms with van der Waals surface area (Å²) in [5, 5.41) is 12.9. The first kappa shape index (κ1) is 14.6. The van der Waals surface area contributed by atoms with E-state index in [-0.39, 0.29) is 17.8 Å². The fourth-order valence-corrected chi connectivity index (χ4v) is 2.80. The minimum absolute atomic E-state index is 0.129. The van der Waals surface area contributed by atoms with Crippen molar-refractivity contribution in [2.24, 2.45) is 0 Å². The Kier molecular flexibility index (Phi) is 3.86. The third kappa shape index (κ3) is 2.46. The predicted molar refractivity (Wildman–Crippen MR) is 84.9 cm³/mol. The van der Waals surface area contributed by atoms with E-state index < -0.39 is 6.10 Å². The number of fused-ring (bicyclic) bond motifs is 1. The second-order valence-corrected chi connectivity index (χ2v) is 5.48. The van der Waals surface area contributed by atoms with Gasteiger partial charge in [-0.05, 0) is 36.6 Å². The van der Waals surface area contributed by atoms with Crippen LogP contribution in [-0.2, 0) is 9.53 Å². The summed E-state index contributed by atoms with van der Waals surface area (Å²) in [5.41, 5.74) is 3.31. The van der Waals surface area contributed by atoms with Crippen molar-refractivity contribution in [1.29, 1.82) is 0 Å². The second kappa shape index (κ2) is 5.81. The fraction of sp³-hybridized carbons (Fsp3) is 0.278. The average molecular weight is 297 g/mol. The molecule has 0 saturated heterocycles. The predicted octanol–water partition coefficient (Wildman–Crippen LogP) is 3.54. The molecule has 0 bridgehead atoms. The zero-order chi connectivity index (χ0) is 15.7. The van der Waals surface area contributed by atoms with E-state index in [1.54, 1.807) is 12.1 Å². The maximum absolute atomic E-state index is 12.3. The minimum Gasteiger partial charge on any atom is -0.508 e. The van der Waals surface area contributed by atoms with E-state index in [0.717, 1.165) is 22.4 Å². The smallest absolute Gasteiger partial charge is 0.253 e. The number of nitrogens with one attached hydrogen (secondary N) is 1. The van der Waals surface area contributed by atoms with E-state index in [4.69, 9.17) is 4.74 Å². The van der Waals surface area contributed by atoms with Crippen molar-refractivity contribution >= 4 is 11.6 Å². The molecule has 1 aliphatic heterocycles. The van der Waals surface area contributed by atoms with Gasteiger partial charge >= 0.3 is 0 Å². The van der Waals surface area contributed by atoms with Gasteiger partial charge in [-0.3, -0.25) is 4.79 Å². The highest BCUT2D eigenvalue weighted by atomic mass is 16.5. The highest BCUT2D eigenvalue weighted by Crippen LogP contribution is 2.38. The molecule has 0 radical (unpaired) electrons. The number of phenolic OH excluding ortho intramolecular Hbond substituents is 1. The van der Waals surface area contributed by atoms with Crippen molar-refractivity contribution in [3.8, 4) is 5.75 Å². The van der Waals surface area contributed by atoms with Gasteiger partial charge < -0.3 is 15.2 Å². The summed E-state index contributed by atoms with van der Waals surface area (Å²) in [7, 11) is 0. The van der Waals surface area contributed by atoms with Crippen molar-refractivity contribution in [3.05, 3.63) is 59.2 Å². The van der Waals surface area contributed by atoms with Gasteiger partial charge in [0, 0.05) is 11.3 Å². The molecule has 0 aromatic heterocycles. The molecule has 0 unspecified atom stereocenters. The Labute approximate surface area is 129 Å². The SMILES string of the molecule is CC[C@H]1O[C@H](c2cccc(O)c2C)c2ccccc2NC1=O. The number of carbonyl (C=O) groups is 1. The maximum atomic E-state index is 12.3. The van der Waals surface area contributed by atoms with E-state index >= 15 is 0 Å². The number of aromatic hydroxyl groups is 1. The first-order valence-corrected chi connectivity index (χ1v) is 7.45. The molecule has 1 amide bonds. The van der Waals surface area contributed by atoms with Crippen LogP contribution in [0.5, 0.6) is 5.75 Å². The van der Waals surface area contributed by atoms with Crippen molar-refractivity contribution in [2.75, 3.05) is 5.32 Å². The van der Waals surface area contributed by atoms with Gasteiger partial charge in [-0.2, -0.15) is 0 Å². The fourth-order valence-electron chi connectivity index (χ4n) is 2.80. The number of benzene rings is 2. The van der Waals surface area contributed by atoms with Crippen LogP contribution in [0.25, 0.3) is 0 Å². The number of hydrogen-bond acceptors (Lipinski definition) is 3. The summed E-state index contributed by atoms with van der Waals surface area (Å²) in [6.45, 7) is 3.78. The molecule has 0 fully saturated rings. The van der Waals surface area contributed by atoms with Gasteiger partial charge in [0.2, 0.25) is 0 Å². The van der Waals surface area contributed by atoms with E-state index in [0.29, 0.717) is 6.42 Å². The summed E-state index contributed by atoms with van der Waals surface area (Å²) in [6, 6.07) is 13.0. The van der Waals surface area contributed by atoms with E-state index in [2.05, 4.69) is 5.32 Å². The lowest BCUT2D eigenvalue weighted by molar-refractivity contribution is -0.129. The van der Waals surface area contributed by atoms with Gasteiger partial charge in [0.05, 0.1) is 0 Å². The van der Waals surface area contributed by atoms with E-state index in [1.807, 2.05) is 44.2 Å². The lowest BCUT2D eigenvalue weighted by Gasteiger charge is -2.22. The first-order chi connectivity index (χ1) is 10.6. The third-order valence-corrected chi connectivity index (χ3v) is 4.09. The Morgan fingerprint density at radius 3 is 2.64 bits per heavy atom. The monoisotopic (exact) mass is 297 g/mol. The zero-order valence-electron chi connectivity index (χ0n) is 12.7. The topological polar surface area (TPSA) is 58.6 Å². The molecule has 2 aromatic rings. The van der Waals surface area contributed by atoms with Gasteiger partial charge in [0.25, 0.3) is 5.91 Å². The molecule has 2 atom stereocenters. The van der Waals surface area contributed by atoms with Crippen LogP contribution in [0, 0.1) is 6.92 Å². The van der Waals surface area contributed by atoms with Crippen molar-refractivity contribution < 1.29 is 14.6 Å². The largest absolute Gasteiger partial charge is 0.508 e. The minimum atomic E-state index is -0.515. The summed E-state index contributed by atoms with van der Waals surface area (Å²) < 4.78 is 6.10. The van der Waals surface area contributed by atoms with Gasteiger partial charge in [0.1, 0.15) is 18.0 Å². The first-order valence-electron chi connectivity index (χ1n) is 7.45. The number of ether oxygens (including phenoxy) is 1. The molecule has 1 heterocycles. The van der Waals surface area contributed by atoms with Crippen LogP contribution in [0.1, 0.15) is 36.1 Å². The van der Waals surface area contributed by atoms with Crippen LogP contribution in [0.3, 0.4) is 0 Å². The Hall–Kier alpha value is -2.33. The molecule has 22 heavy (non-hydrogen) atoms. The maximum Gasteiger partial charge on any atom is 0.253 e. The van der Waals surface area contributed by atoms with Gasteiger partial charge in [0.15, 0.2) is 0 Å². The molecule has 0 saturated carbocycles. The van der Waals surface area contributed by atoms with Crippen LogP contribution in [0.4, 0.5) is 5.69 Å². The number of amides is 1. The number of phenols is 1. The standard InChI is InChI=1S/C18H19NO3/c1-3-16-18(21)19-14-9-5-4-7-13(14)17(22-16)12-8-6-10-15(20)11(12)2/h4-10,16-17,20H,3H2,1-2H3,(H,19,21)/t16-,17-/m1/s1. The van der Waals surface area contributed by atoms with E-state index in [9.17, 15) is 9.90 Å². The molecule has 2 N–H and O–H groups in total. The molecule has 2 aromatic carbocycles. The Morgan fingerprint density at radius 2 is 1.86 bits per heavy atom. The normalized spacial score (nSPS) is 20.9. The van der Waals surface area contributed by atoms with Crippen molar-refractivity contribution in [1.82, 2.24) is 0 Å². The summed E-state index contributed by atoms with van der Waals surface area (Å²) in [5.74, 6) is 0.102. The molecular formula is C18H19NO3.